The Morgan fingerprint density at radius 1 is 1.19 bits per heavy atom. The van der Waals surface area contributed by atoms with Crippen LogP contribution < -0.4 is 10.6 Å². The maximum Gasteiger partial charge on any atom is 0.254 e. The van der Waals surface area contributed by atoms with E-state index in [2.05, 4.69) is 10.6 Å². The van der Waals surface area contributed by atoms with Crippen LogP contribution in [0.15, 0.2) is 41.3 Å². The van der Waals surface area contributed by atoms with Crippen LogP contribution in [0, 0.1) is 11.6 Å². The van der Waals surface area contributed by atoms with Gasteiger partial charge in [0.05, 0.1) is 18.2 Å². The minimum absolute atomic E-state index is 0.197. The molecule has 0 unspecified atom stereocenters. The van der Waals surface area contributed by atoms with E-state index >= 15 is 0 Å². The first kappa shape index (κ1) is 18.7. The number of hydrogen-bond acceptors (Lipinski definition) is 3. The van der Waals surface area contributed by atoms with E-state index < -0.39 is 23.4 Å². The Morgan fingerprint density at radius 2 is 2.00 bits per heavy atom. The molecule has 0 radical (unpaired) electrons. The Labute approximate surface area is 158 Å². The maximum atomic E-state index is 13.6. The molecule has 0 bridgehead atoms. The van der Waals surface area contributed by atoms with E-state index in [0.717, 1.165) is 34.8 Å². The van der Waals surface area contributed by atoms with Gasteiger partial charge < -0.3 is 10.6 Å². The smallest absolute Gasteiger partial charge is 0.254 e. The van der Waals surface area contributed by atoms with Crippen LogP contribution in [-0.4, -0.2) is 24.1 Å². The third-order valence-corrected chi connectivity index (χ3v) is 5.29. The molecule has 1 aliphatic heterocycles. The van der Waals surface area contributed by atoms with Gasteiger partial charge in [0.25, 0.3) is 5.91 Å². The molecule has 2 N–H and O–H groups in total. The Morgan fingerprint density at radius 3 is 2.77 bits per heavy atom. The van der Waals surface area contributed by atoms with Gasteiger partial charge in [-0.15, -0.1) is 11.8 Å². The molecule has 0 saturated heterocycles. The van der Waals surface area contributed by atoms with Crippen molar-refractivity contribution in [1.82, 2.24) is 10.6 Å². The number of benzene rings is 2. The van der Waals surface area contributed by atoms with E-state index in [1.807, 2.05) is 12.1 Å². The molecule has 136 valence electrons. The number of halogens is 3. The summed E-state index contributed by atoms with van der Waals surface area (Å²) >= 11 is 7.73. The molecule has 2 aromatic carbocycles. The fourth-order valence-electron chi connectivity index (χ4n) is 2.69. The van der Waals surface area contributed by atoms with Crippen molar-refractivity contribution in [3.63, 3.8) is 0 Å². The van der Waals surface area contributed by atoms with E-state index in [1.54, 1.807) is 17.8 Å². The van der Waals surface area contributed by atoms with Crippen LogP contribution in [0.25, 0.3) is 0 Å². The number of hydrogen-bond donors (Lipinski definition) is 2. The lowest BCUT2D eigenvalue weighted by molar-refractivity contribution is -0.120. The molecule has 0 fully saturated rings. The van der Waals surface area contributed by atoms with Crippen LogP contribution in [0.5, 0.6) is 0 Å². The highest BCUT2D eigenvalue weighted by atomic mass is 35.5. The van der Waals surface area contributed by atoms with Gasteiger partial charge in [-0.3, -0.25) is 9.59 Å². The Hall–Kier alpha value is -2.12. The minimum Gasteiger partial charge on any atom is -0.348 e. The third-order valence-electron chi connectivity index (χ3n) is 3.93. The molecule has 0 spiro atoms. The van der Waals surface area contributed by atoms with Crippen molar-refractivity contribution < 1.29 is 18.4 Å². The molecule has 4 nitrogen and oxygen atoms in total. The summed E-state index contributed by atoms with van der Waals surface area (Å²) in [5, 5.41) is 5.78. The molecule has 0 aromatic heterocycles. The number of carbonyl (C=O) groups excluding carboxylic acids is 2. The first-order valence-corrected chi connectivity index (χ1v) is 9.25. The number of thioether (sulfide) groups is 1. The van der Waals surface area contributed by atoms with Crippen molar-refractivity contribution in [3.8, 4) is 0 Å². The SMILES string of the molecule is O=C(CNC(=O)c1ccc(F)cc1F)N[C@@H]1CCSc2ccc(Cl)cc21. The molecule has 2 amide bonds. The normalized spacial score (nSPS) is 15.9. The van der Waals surface area contributed by atoms with Crippen molar-refractivity contribution in [2.45, 2.75) is 17.4 Å². The summed E-state index contributed by atoms with van der Waals surface area (Å²) in [6, 6.07) is 7.98. The quantitative estimate of drug-likeness (QED) is 0.828. The van der Waals surface area contributed by atoms with E-state index in [4.69, 9.17) is 11.6 Å². The summed E-state index contributed by atoms with van der Waals surface area (Å²) in [6.07, 6.45) is 0.740. The van der Waals surface area contributed by atoms with Gasteiger partial charge in [-0.1, -0.05) is 11.6 Å². The fraction of sp³-hybridized carbons (Fsp3) is 0.222. The van der Waals surface area contributed by atoms with Crippen LogP contribution >= 0.6 is 23.4 Å². The van der Waals surface area contributed by atoms with Gasteiger partial charge in [0.15, 0.2) is 0 Å². The van der Waals surface area contributed by atoms with Gasteiger partial charge in [-0.2, -0.15) is 0 Å². The second-order valence-electron chi connectivity index (χ2n) is 5.75. The highest BCUT2D eigenvalue weighted by molar-refractivity contribution is 7.99. The molecule has 3 rings (SSSR count). The monoisotopic (exact) mass is 396 g/mol. The van der Waals surface area contributed by atoms with Gasteiger partial charge in [-0.05, 0) is 42.3 Å². The lowest BCUT2D eigenvalue weighted by Crippen LogP contribution is -2.39. The minimum atomic E-state index is -0.976. The molecule has 0 aliphatic carbocycles. The summed E-state index contributed by atoms with van der Waals surface area (Å²) in [5.74, 6) is -2.07. The van der Waals surface area contributed by atoms with Crippen molar-refractivity contribution >= 4 is 35.2 Å². The van der Waals surface area contributed by atoms with Crippen LogP contribution in [0.1, 0.15) is 28.4 Å². The van der Waals surface area contributed by atoms with Gasteiger partial charge in [0.1, 0.15) is 11.6 Å². The van der Waals surface area contributed by atoms with Gasteiger partial charge >= 0.3 is 0 Å². The zero-order valence-electron chi connectivity index (χ0n) is 13.5. The van der Waals surface area contributed by atoms with Crippen LogP contribution in [-0.2, 0) is 4.79 Å². The van der Waals surface area contributed by atoms with Crippen LogP contribution in [0.2, 0.25) is 5.02 Å². The van der Waals surface area contributed by atoms with Crippen molar-refractivity contribution in [2.75, 3.05) is 12.3 Å². The van der Waals surface area contributed by atoms with Gasteiger partial charge in [0, 0.05) is 21.7 Å². The predicted molar refractivity (Wildman–Crippen MR) is 96.4 cm³/mol. The lowest BCUT2D eigenvalue weighted by atomic mass is 10.0. The largest absolute Gasteiger partial charge is 0.348 e. The third kappa shape index (κ3) is 4.34. The summed E-state index contributed by atoms with van der Waals surface area (Å²) in [5.41, 5.74) is 0.628. The lowest BCUT2D eigenvalue weighted by Gasteiger charge is -2.26. The summed E-state index contributed by atoms with van der Waals surface area (Å²) in [4.78, 5) is 25.2. The molecule has 0 saturated carbocycles. The summed E-state index contributed by atoms with van der Waals surface area (Å²) in [6.45, 7) is -0.310. The molecule has 8 heteroatoms. The average molecular weight is 397 g/mol. The highest BCUT2D eigenvalue weighted by Crippen LogP contribution is 2.37. The second-order valence-corrected chi connectivity index (χ2v) is 7.32. The van der Waals surface area contributed by atoms with Gasteiger partial charge in [0.2, 0.25) is 5.91 Å². The van der Waals surface area contributed by atoms with Crippen molar-refractivity contribution in [1.29, 1.82) is 0 Å². The van der Waals surface area contributed by atoms with Crippen molar-refractivity contribution in [2.24, 2.45) is 0 Å². The maximum absolute atomic E-state index is 13.6. The van der Waals surface area contributed by atoms with Crippen molar-refractivity contribution in [3.05, 3.63) is 64.2 Å². The Balaban J connectivity index is 1.60. The number of carbonyl (C=O) groups is 2. The first-order chi connectivity index (χ1) is 12.4. The molecule has 1 atom stereocenters. The predicted octanol–water partition coefficient (Wildman–Crippen LogP) is 3.70. The number of amides is 2. The van der Waals surface area contributed by atoms with E-state index in [-0.39, 0.29) is 18.2 Å². The molecule has 2 aromatic rings. The number of fused-ring (bicyclic) bond motifs is 1. The Kier molecular flexibility index (Phi) is 5.78. The average Bonchev–Trinajstić information content (AvgIpc) is 2.60. The number of nitrogens with one attached hydrogen (secondary N) is 2. The Bertz CT molecular complexity index is 863. The second kappa shape index (κ2) is 8.05. The molecular formula is C18H15ClF2N2O2S. The molecule has 1 aliphatic rings. The molecule has 26 heavy (non-hydrogen) atoms. The summed E-state index contributed by atoms with van der Waals surface area (Å²) < 4.78 is 26.5. The topological polar surface area (TPSA) is 58.2 Å². The zero-order valence-corrected chi connectivity index (χ0v) is 15.1. The van der Waals surface area contributed by atoms with Crippen LogP contribution in [0.3, 0.4) is 0 Å². The van der Waals surface area contributed by atoms with E-state index in [0.29, 0.717) is 11.1 Å². The van der Waals surface area contributed by atoms with Crippen LogP contribution in [0.4, 0.5) is 8.78 Å². The number of rotatable bonds is 4. The van der Waals surface area contributed by atoms with E-state index in [9.17, 15) is 18.4 Å². The summed E-state index contributed by atoms with van der Waals surface area (Å²) in [7, 11) is 0. The molecular weight excluding hydrogens is 382 g/mol. The highest BCUT2D eigenvalue weighted by Gasteiger charge is 2.23. The fourth-order valence-corrected chi connectivity index (χ4v) is 3.98. The zero-order chi connectivity index (χ0) is 18.7. The first-order valence-electron chi connectivity index (χ1n) is 7.89. The molecule has 1 heterocycles. The van der Waals surface area contributed by atoms with E-state index in [1.165, 1.54) is 0 Å². The van der Waals surface area contributed by atoms with Gasteiger partial charge in [-0.25, -0.2) is 8.78 Å². The standard InChI is InChI=1S/C18H15ClF2N2O2S/c19-10-1-4-16-13(7-10)15(5-6-26-16)23-17(24)9-22-18(25)12-3-2-11(20)8-14(12)21/h1-4,7-8,15H,5-6,9H2,(H,22,25)(H,23,24)/t15-/m1/s1.